The van der Waals surface area contributed by atoms with E-state index < -0.39 is 6.09 Å². The summed E-state index contributed by atoms with van der Waals surface area (Å²) in [5, 5.41) is 28.5. The number of ether oxygens (including phenoxy) is 1. The minimum atomic E-state index is -0.912. The van der Waals surface area contributed by atoms with Crippen molar-refractivity contribution in [3.05, 3.63) is 36.4 Å². The number of fused-ring (bicyclic) bond motifs is 1. The normalized spacial score (nSPS) is 18.9. The van der Waals surface area contributed by atoms with E-state index in [1.54, 1.807) is 12.4 Å². The Morgan fingerprint density at radius 2 is 1.97 bits per heavy atom. The molecule has 34 heavy (non-hydrogen) atoms. The molecule has 1 aliphatic carbocycles. The first kappa shape index (κ1) is 24.0. The minimum absolute atomic E-state index is 0.0775. The molecule has 11 nitrogen and oxygen atoms in total. The van der Waals surface area contributed by atoms with E-state index in [0.717, 1.165) is 74.8 Å². The highest BCUT2D eigenvalue weighted by atomic mass is 16.5. The maximum atomic E-state index is 9.94. The van der Waals surface area contributed by atoms with Crippen molar-refractivity contribution >= 4 is 23.2 Å². The van der Waals surface area contributed by atoms with Gasteiger partial charge in [-0.3, -0.25) is 5.10 Å². The summed E-state index contributed by atoms with van der Waals surface area (Å²) < 4.78 is 6.84. The van der Waals surface area contributed by atoms with Crippen molar-refractivity contribution in [2.24, 2.45) is 0 Å². The van der Waals surface area contributed by atoms with Crippen LogP contribution >= 0.6 is 0 Å². The van der Waals surface area contributed by atoms with E-state index in [1.165, 1.54) is 12.8 Å². The number of hydrogen-bond acceptors (Lipinski definition) is 7. The number of H-pyrrole nitrogens is 1. The van der Waals surface area contributed by atoms with Crippen LogP contribution in [0.5, 0.6) is 0 Å². The number of carboxylic acid groups (broad SMARTS) is 1. The van der Waals surface area contributed by atoms with E-state index in [9.17, 15) is 4.79 Å². The van der Waals surface area contributed by atoms with Crippen LogP contribution < -0.4 is 16.0 Å². The fourth-order valence-corrected chi connectivity index (χ4v) is 3.89. The van der Waals surface area contributed by atoms with Gasteiger partial charge in [0.25, 0.3) is 0 Å². The van der Waals surface area contributed by atoms with Crippen LogP contribution in [0.4, 0.5) is 16.4 Å². The largest absolute Gasteiger partial charge is 0.465 e. The Hall–Kier alpha value is -3.18. The fourth-order valence-electron chi connectivity index (χ4n) is 3.89. The number of anilines is 2. The van der Waals surface area contributed by atoms with Gasteiger partial charge in [-0.15, -0.1) is 0 Å². The van der Waals surface area contributed by atoms with Gasteiger partial charge in [0.2, 0.25) is 0 Å². The number of amides is 1. The molecule has 0 unspecified atom stereocenters. The Balaban J connectivity index is 0.000000172. The second-order valence-corrected chi connectivity index (χ2v) is 9.11. The molecule has 1 amide bonds. The van der Waals surface area contributed by atoms with Crippen LogP contribution in [-0.2, 0) is 4.74 Å². The van der Waals surface area contributed by atoms with Crippen molar-refractivity contribution < 1.29 is 14.6 Å². The van der Waals surface area contributed by atoms with Crippen molar-refractivity contribution in [2.75, 3.05) is 31.6 Å². The number of aromatic amines is 1. The molecule has 0 radical (unpaired) electrons. The first-order valence-electron chi connectivity index (χ1n) is 11.9. The summed E-state index contributed by atoms with van der Waals surface area (Å²) in [5.74, 6) is 2.13. The standard InChI is InChI=1S/C14H17N7.C5H9NO2.C4H8O/c1-5-15-6-2-10(1)11-9-21-12(3-8-17-21)14(18-11)19-13-4-7-16-20-13;1-5(2-3-5)6-4(7)8;1-2-4-5-3-1/h3-4,7-10,15H,1-2,5-6H2,(H2,16,18,19,20);6H,2-3H2,1H3,(H,7,8);1-4H2. The molecule has 11 heteroatoms. The average Bonchev–Trinajstić information content (AvgIpc) is 3.40. The molecular weight excluding hydrogens is 436 g/mol. The number of nitrogens with one attached hydrogen (secondary N) is 4. The van der Waals surface area contributed by atoms with Gasteiger partial charge in [0.05, 0.1) is 24.3 Å². The van der Waals surface area contributed by atoms with Gasteiger partial charge in [-0.1, -0.05) is 0 Å². The lowest BCUT2D eigenvalue weighted by Crippen LogP contribution is -2.32. The molecular formula is C23H34N8O3. The molecule has 0 aromatic carbocycles. The van der Waals surface area contributed by atoms with E-state index >= 15 is 0 Å². The number of hydrogen-bond donors (Lipinski definition) is 5. The predicted molar refractivity (Wildman–Crippen MR) is 129 cm³/mol. The van der Waals surface area contributed by atoms with Crippen molar-refractivity contribution in [1.82, 2.24) is 35.4 Å². The number of aromatic nitrogens is 5. The van der Waals surface area contributed by atoms with E-state index in [-0.39, 0.29) is 5.54 Å². The zero-order chi connectivity index (χ0) is 23.8. The first-order valence-corrected chi connectivity index (χ1v) is 11.9. The van der Waals surface area contributed by atoms with Gasteiger partial charge in [0.15, 0.2) is 5.82 Å². The molecule has 0 spiro atoms. The summed E-state index contributed by atoms with van der Waals surface area (Å²) in [5.41, 5.74) is 1.98. The smallest absolute Gasteiger partial charge is 0.405 e. The maximum absolute atomic E-state index is 9.94. The lowest BCUT2D eigenvalue weighted by atomic mass is 9.95. The number of rotatable bonds is 4. The molecule has 0 atom stereocenters. The van der Waals surface area contributed by atoms with Gasteiger partial charge < -0.3 is 25.8 Å². The molecule has 1 saturated carbocycles. The number of carbonyl (C=O) groups is 1. The van der Waals surface area contributed by atoms with Crippen LogP contribution in [0.2, 0.25) is 0 Å². The molecule has 0 bridgehead atoms. The minimum Gasteiger partial charge on any atom is -0.465 e. The lowest BCUT2D eigenvalue weighted by Gasteiger charge is -2.22. The zero-order valence-electron chi connectivity index (χ0n) is 19.6. The summed E-state index contributed by atoms with van der Waals surface area (Å²) in [6.07, 6.45) is 11.4. The Morgan fingerprint density at radius 1 is 1.21 bits per heavy atom. The highest BCUT2D eigenvalue weighted by Gasteiger charge is 2.38. The molecule has 3 aromatic rings. The molecule has 3 aromatic heterocycles. The van der Waals surface area contributed by atoms with Gasteiger partial charge >= 0.3 is 6.09 Å². The van der Waals surface area contributed by atoms with Gasteiger partial charge in [-0.25, -0.2) is 14.3 Å². The highest BCUT2D eigenvalue weighted by molar-refractivity contribution is 5.71. The molecule has 3 aliphatic rings. The summed E-state index contributed by atoms with van der Waals surface area (Å²) in [6.45, 7) is 6.00. The van der Waals surface area contributed by atoms with Gasteiger partial charge in [0, 0.05) is 30.7 Å². The summed E-state index contributed by atoms with van der Waals surface area (Å²) in [7, 11) is 0. The summed E-state index contributed by atoms with van der Waals surface area (Å²) >= 11 is 0. The molecule has 6 rings (SSSR count). The van der Waals surface area contributed by atoms with Crippen LogP contribution in [0, 0.1) is 0 Å². The summed E-state index contributed by atoms with van der Waals surface area (Å²) in [4.78, 5) is 14.8. The third kappa shape index (κ3) is 6.91. The van der Waals surface area contributed by atoms with Gasteiger partial charge in [-0.05, 0) is 64.6 Å². The molecule has 2 saturated heterocycles. The quantitative estimate of drug-likeness (QED) is 0.391. The molecule has 5 N–H and O–H groups in total. The Bertz CT molecular complexity index is 1030. The zero-order valence-corrected chi connectivity index (χ0v) is 19.6. The van der Waals surface area contributed by atoms with E-state index in [0.29, 0.717) is 5.92 Å². The second-order valence-electron chi connectivity index (χ2n) is 9.11. The van der Waals surface area contributed by atoms with E-state index in [1.807, 2.05) is 29.8 Å². The van der Waals surface area contributed by atoms with Crippen molar-refractivity contribution in [2.45, 2.75) is 56.9 Å². The number of nitrogens with zero attached hydrogens (tertiary/aromatic N) is 4. The average molecular weight is 471 g/mol. The highest BCUT2D eigenvalue weighted by Crippen LogP contribution is 2.33. The van der Waals surface area contributed by atoms with Crippen LogP contribution in [-0.4, -0.2) is 67.8 Å². The van der Waals surface area contributed by atoms with Crippen molar-refractivity contribution in [1.29, 1.82) is 0 Å². The third-order valence-corrected chi connectivity index (χ3v) is 6.16. The predicted octanol–water partition coefficient (Wildman–Crippen LogP) is 3.27. The maximum Gasteiger partial charge on any atom is 0.405 e. The van der Waals surface area contributed by atoms with Crippen LogP contribution in [0.1, 0.15) is 57.1 Å². The van der Waals surface area contributed by atoms with Crippen LogP contribution in [0.25, 0.3) is 5.52 Å². The Kier molecular flexibility index (Phi) is 7.96. The van der Waals surface area contributed by atoms with Crippen molar-refractivity contribution in [3.63, 3.8) is 0 Å². The third-order valence-electron chi connectivity index (χ3n) is 6.16. The van der Waals surface area contributed by atoms with Gasteiger partial charge in [0.1, 0.15) is 11.3 Å². The molecule has 3 fully saturated rings. The fraction of sp³-hybridized carbons (Fsp3) is 0.565. The lowest BCUT2D eigenvalue weighted by molar-refractivity contribution is 0.189. The summed E-state index contributed by atoms with van der Waals surface area (Å²) in [6, 6.07) is 3.84. The van der Waals surface area contributed by atoms with E-state index in [4.69, 9.17) is 14.8 Å². The van der Waals surface area contributed by atoms with E-state index in [2.05, 4.69) is 31.2 Å². The molecule has 5 heterocycles. The van der Waals surface area contributed by atoms with Crippen LogP contribution in [0.3, 0.4) is 0 Å². The number of piperidine rings is 1. The first-order chi connectivity index (χ1) is 16.5. The van der Waals surface area contributed by atoms with Crippen LogP contribution in [0.15, 0.2) is 30.7 Å². The topological polar surface area (TPSA) is 141 Å². The molecule has 2 aliphatic heterocycles. The second kappa shape index (κ2) is 11.3. The Morgan fingerprint density at radius 3 is 2.53 bits per heavy atom. The van der Waals surface area contributed by atoms with Crippen molar-refractivity contribution in [3.8, 4) is 0 Å². The van der Waals surface area contributed by atoms with Gasteiger partial charge in [-0.2, -0.15) is 10.2 Å². The Labute approximate surface area is 198 Å². The monoisotopic (exact) mass is 470 g/mol. The SMILES string of the molecule is C1CCOC1.CC1(NC(=O)O)CC1.c1cc(Nc2nc(C3CCNCC3)cn3nccc23)[nH]n1. The molecule has 184 valence electrons.